The summed E-state index contributed by atoms with van der Waals surface area (Å²) in [5.41, 5.74) is 1.23. The van der Waals surface area contributed by atoms with Gasteiger partial charge >= 0.3 is 0 Å². The zero-order valence-corrected chi connectivity index (χ0v) is 23.1. The van der Waals surface area contributed by atoms with Crippen molar-refractivity contribution in [1.82, 2.24) is 10.2 Å². The zero-order chi connectivity index (χ0) is 26.8. The summed E-state index contributed by atoms with van der Waals surface area (Å²) in [6.45, 7) is 6.35. The minimum atomic E-state index is -0.726. The number of amides is 2. The molecule has 0 aromatic heterocycles. The second-order valence-corrected chi connectivity index (χ2v) is 10.8. The number of hydrogen-bond donors (Lipinski definition) is 1. The number of carbonyl (C=O) groups excluding carboxylic acids is 2. The average molecular weight is 542 g/mol. The second-order valence-electron chi connectivity index (χ2n) is 9.97. The van der Waals surface area contributed by atoms with Crippen molar-refractivity contribution in [3.8, 4) is 5.75 Å². The number of nitrogens with one attached hydrogen (secondary N) is 1. The van der Waals surface area contributed by atoms with Gasteiger partial charge in [-0.3, -0.25) is 9.59 Å². The summed E-state index contributed by atoms with van der Waals surface area (Å²) in [7, 11) is 0. The maximum atomic E-state index is 13.7. The second kappa shape index (κ2) is 13.5. The molecule has 3 aromatic carbocycles. The third-order valence-electron chi connectivity index (χ3n) is 5.67. The summed E-state index contributed by atoms with van der Waals surface area (Å²) < 4.78 is 5.77. The van der Waals surface area contributed by atoms with E-state index in [1.807, 2.05) is 81.4 Å². The molecule has 5 nitrogen and oxygen atoms in total. The molecule has 1 N–H and O–H groups in total. The number of rotatable bonds is 11. The smallest absolute Gasteiger partial charge is 0.243 e. The molecule has 196 valence electrons. The van der Waals surface area contributed by atoms with Crippen molar-refractivity contribution in [3.05, 3.63) is 100 Å². The molecule has 0 bridgehead atoms. The van der Waals surface area contributed by atoms with Crippen LogP contribution < -0.4 is 10.1 Å². The molecule has 7 heteroatoms. The first-order valence-corrected chi connectivity index (χ1v) is 13.1. The Morgan fingerprint density at radius 2 is 1.59 bits per heavy atom. The monoisotopic (exact) mass is 540 g/mol. The Labute approximate surface area is 229 Å². The van der Waals surface area contributed by atoms with Gasteiger partial charge in [0.25, 0.3) is 0 Å². The lowest BCUT2D eigenvalue weighted by atomic mass is 10.00. The zero-order valence-electron chi connectivity index (χ0n) is 21.5. The molecular formula is C30H34Cl2N2O3. The normalized spacial score (nSPS) is 12.0. The van der Waals surface area contributed by atoms with Gasteiger partial charge in [0.1, 0.15) is 11.8 Å². The maximum absolute atomic E-state index is 13.7. The molecule has 0 radical (unpaired) electrons. The Kier molecular flexibility index (Phi) is 10.4. The van der Waals surface area contributed by atoms with Crippen LogP contribution in [-0.2, 0) is 22.6 Å². The van der Waals surface area contributed by atoms with E-state index in [2.05, 4.69) is 5.32 Å². The van der Waals surface area contributed by atoms with Gasteiger partial charge in [-0.1, -0.05) is 77.8 Å². The van der Waals surface area contributed by atoms with E-state index in [-0.39, 0.29) is 24.8 Å². The highest BCUT2D eigenvalue weighted by Crippen LogP contribution is 2.25. The van der Waals surface area contributed by atoms with Gasteiger partial charge < -0.3 is 15.0 Å². The maximum Gasteiger partial charge on any atom is 0.243 e. The Balaban J connectivity index is 1.85. The van der Waals surface area contributed by atoms with E-state index in [9.17, 15) is 9.59 Å². The van der Waals surface area contributed by atoms with Crippen LogP contribution in [0.1, 0.15) is 44.7 Å². The lowest BCUT2D eigenvalue weighted by Gasteiger charge is -2.34. The van der Waals surface area contributed by atoms with Gasteiger partial charge in [0.15, 0.2) is 0 Å². The van der Waals surface area contributed by atoms with Gasteiger partial charge in [-0.05, 0) is 62.6 Å². The van der Waals surface area contributed by atoms with Crippen LogP contribution in [-0.4, -0.2) is 34.9 Å². The van der Waals surface area contributed by atoms with Crippen LogP contribution in [0.15, 0.2) is 78.9 Å². The molecule has 3 rings (SSSR count). The van der Waals surface area contributed by atoms with E-state index in [1.54, 1.807) is 23.1 Å². The molecule has 2 amide bonds. The molecule has 3 aromatic rings. The molecule has 0 heterocycles. The lowest BCUT2D eigenvalue weighted by molar-refractivity contribution is -0.142. The number of ether oxygens (including phenoxy) is 1. The van der Waals surface area contributed by atoms with E-state index in [0.717, 1.165) is 16.9 Å². The van der Waals surface area contributed by atoms with Crippen molar-refractivity contribution in [2.45, 2.75) is 58.2 Å². The van der Waals surface area contributed by atoms with Crippen LogP contribution in [0.5, 0.6) is 5.75 Å². The minimum absolute atomic E-state index is 0.146. The van der Waals surface area contributed by atoms with Crippen molar-refractivity contribution in [1.29, 1.82) is 0 Å². The highest BCUT2D eigenvalue weighted by molar-refractivity contribution is 6.35. The molecule has 0 saturated heterocycles. The van der Waals surface area contributed by atoms with Gasteiger partial charge in [0.2, 0.25) is 11.8 Å². The van der Waals surface area contributed by atoms with E-state index in [0.29, 0.717) is 29.5 Å². The van der Waals surface area contributed by atoms with Crippen LogP contribution in [0.2, 0.25) is 10.0 Å². The predicted octanol–water partition coefficient (Wildman–Crippen LogP) is 6.71. The molecule has 0 spiro atoms. The quantitative estimate of drug-likeness (QED) is 0.275. The van der Waals surface area contributed by atoms with E-state index in [4.69, 9.17) is 27.9 Å². The molecular weight excluding hydrogens is 507 g/mol. The summed E-state index contributed by atoms with van der Waals surface area (Å²) >= 11 is 12.6. The summed E-state index contributed by atoms with van der Waals surface area (Å²) in [5.74, 6) is 0.397. The Morgan fingerprint density at radius 3 is 2.22 bits per heavy atom. The van der Waals surface area contributed by atoms with Gasteiger partial charge in [0, 0.05) is 35.0 Å². The highest BCUT2D eigenvalue weighted by atomic mass is 35.5. The van der Waals surface area contributed by atoms with Crippen molar-refractivity contribution < 1.29 is 14.3 Å². The van der Waals surface area contributed by atoms with Crippen molar-refractivity contribution in [3.63, 3.8) is 0 Å². The lowest BCUT2D eigenvalue weighted by Crippen LogP contribution is -2.54. The fraction of sp³-hybridized carbons (Fsp3) is 0.333. The fourth-order valence-corrected chi connectivity index (χ4v) is 4.38. The third kappa shape index (κ3) is 9.42. The summed E-state index contributed by atoms with van der Waals surface area (Å²) in [4.78, 5) is 28.9. The molecule has 0 aliphatic carbocycles. The molecule has 37 heavy (non-hydrogen) atoms. The van der Waals surface area contributed by atoms with Crippen LogP contribution in [0, 0.1) is 0 Å². The van der Waals surface area contributed by atoms with Crippen LogP contribution in [0.3, 0.4) is 0 Å². The predicted molar refractivity (Wildman–Crippen MR) is 150 cm³/mol. The largest absolute Gasteiger partial charge is 0.494 e. The van der Waals surface area contributed by atoms with E-state index < -0.39 is 11.6 Å². The Morgan fingerprint density at radius 1 is 0.946 bits per heavy atom. The average Bonchev–Trinajstić information content (AvgIpc) is 2.85. The Bertz CT molecular complexity index is 1160. The first-order valence-electron chi connectivity index (χ1n) is 12.4. The standard InChI is InChI=1S/C30H34Cl2N2O3/c1-30(2,3)33-29(36)27(19-22-11-6-4-7-12-22)34(21-23-16-17-24(31)20-26(23)32)28(35)15-10-18-37-25-13-8-5-9-14-25/h4-9,11-14,16-17,20,27H,10,15,18-19,21H2,1-3H3,(H,33,36). The highest BCUT2D eigenvalue weighted by Gasteiger charge is 2.32. The summed E-state index contributed by atoms with van der Waals surface area (Å²) in [6, 6.07) is 23.6. The number of hydrogen-bond acceptors (Lipinski definition) is 3. The first-order chi connectivity index (χ1) is 17.6. The van der Waals surface area contributed by atoms with Gasteiger partial charge in [0.05, 0.1) is 6.61 Å². The summed E-state index contributed by atoms with van der Waals surface area (Å²) in [6.07, 6.45) is 1.11. The van der Waals surface area contributed by atoms with E-state index in [1.165, 1.54) is 0 Å². The molecule has 1 atom stereocenters. The molecule has 0 aliphatic heterocycles. The van der Waals surface area contributed by atoms with Crippen molar-refractivity contribution in [2.75, 3.05) is 6.61 Å². The fourth-order valence-electron chi connectivity index (χ4n) is 3.91. The van der Waals surface area contributed by atoms with Crippen molar-refractivity contribution >= 4 is 35.0 Å². The Hall–Kier alpha value is -3.02. The van der Waals surface area contributed by atoms with E-state index >= 15 is 0 Å². The molecule has 0 fully saturated rings. The van der Waals surface area contributed by atoms with Crippen LogP contribution in [0.25, 0.3) is 0 Å². The molecule has 0 saturated carbocycles. The number of benzene rings is 3. The van der Waals surface area contributed by atoms with Crippen LogP contribution >= 0.6 is 23.2 Å². The minimum Gasteiger partial charge on any atom is -0.494 e. The van der Waals surface area contributed by atoms with Crippen molar-refractivity contribution in [2.24, 2.45) is 0 Å². The first kappa shape index (κ1) is 28.5. The topological polar surface area (TPSA) is 58.6 Å². The number of halogens is 2. The van der Waals surface area contributed by atoms with Gasteiger partial charge in [-0.2, -0.15) is 0 Å². The van der Waals surface area contributed by atoms with Gasteiger partial charge in [-0.25, -0.2) is 0 Å². The van der Waals surface area contributed by atoms with Crippen LogP contribution in [0.4, 0.5) is 0 Å². The summed E-state index contributed by atoms with van der Waals surface area (Å²) in [5, 5.41) is 4.02. The number of para-hydroxylation sites is 1. The van der Waals surface area contributed by atoms with Gasteiger partial charge in [-0.15, -0.1) is 0 Å². The molecule has 1 unspecified atom stereocenters. The third-order valence-corrected chi connectivity index (χ3v) is 6.26. The number of carbonyl (C=O) groups is 2. The SMILES string of the molecule is CC(C)(C)NC(=O)C(Cc1ccccc1)N(Cc1ccc(Cl)cc1Cl)C(=O)CCCOc1ccccc1. The molecule has 0 aliphatic rings. The number of nitrogens with zero attached hydrogens (tertiary/aromatic N) is 1.